The van der Waals surface area contributed by atoms with E-state index in [1.807, 2.05) is 54.9 Å². The average Bonchev–Trinajstić information content (AvgIpc) is 3.05. The summed E-state index contributed by atoms with van der Waals surface area (Å²) in [5.41, 5.74) is 4.29. The van der Waals surface area contributed by atoms with Crippen molar-refractivity contribution in [1.82, 2.24) is 24.2 Å². The van der Waals surface area contributed by atoms with Crippen molar-refractivity contribution < 1.29 is 4.79 Å². The molecule has 31 heavy (non-hydrogen) atoms. The molecular formula is C24H25N5O2. The predicted octanol–water partition coefficient (Wildman–Crippen LogP) is 3.17. The number of nitrogens with zero attached hydrogens (tertiary/aromatic N) is 5. The van der Waals surface area contributed by atoms with E-state index < -0.39 is 0 Å². The fourth-order valence-corrected chi connectivity index (χ4v) is 3.77. The van der Waals surface area contributed by atoms with Crippen molar-refractivity contribution in [3.05, 3.63) is 87.7 Å². The zero-order valence-corrected chi connectivity index (χ0v) is 18.2. The number of carbonyl (C=O) groups excluding carboxylic acids is 1. The van der Waals surface area contributed by atoms with Gasteiger partial charge in [0.2, 0.25) is 5.91 Å². The lowest BCUT2D eigenvalue weighted by molar-refractivity contribution is -0.131. The summed E-state index contributed by atoms with van der Waals surface area (Å²) in [6.45, 7) is 6.06. The Balaban J connectivity index is 1.57. The topological polar surface area (TPSA) is 73.0 Å². The maximum absolute atomic E-state index is 13.0. The molecule has 2 aromatic heterocycles. The Hall–Kier alpha value is -3.74. The Morgan fingerprint density at radius 2 is 1.68 bits per heavy atom. The van der Waals surface area contributed by atoms with Crippen molar-refractivity contribution in [2.24, 2.45) is 0 Å². The maximum Gasteiger partial charge on any atom is 0.261 e. The molecule has 2 heterocycles. The number of likely N-dealkylation sites (N-methyl/N-ethyl adjacent to an activating group) is 1. The standard InChI is InChI=1S/C24H25N5O2/c1-16-21(17(2)29(26-16)19-10-6-5-7-11-19)14-27(4)23(30)15-28-18(3)25-22-13-9-8-12-20(22)24(28)31/h5-13H,14-15H2,1-4H3. The minimum atomic E-state index is -0.200. The Labute approximate surface area is 180 Å². The van der Waals surface area contributed by atoms with Crippen LogP contribution in [0.1, 0.15) is 22.8 Å². The molecule has 0 radical (unpaired) electrons. The molecule has 1 amide bonds. The van der Waals surface area contributed by atoms with E-state index in [0.29, 0.717) is 23.3 Å². The molecule has 4 rings (SSSR count). The summed E-state index contributed by atoms with van der Waals surface area (Å²) in [4.78, 5) is 32.0. The van der Waals surface area contributed by atoms with Gasteiger partial charge in [-0.25, -0.2) is 9.67 Å². The summed E-state index contributed by atoms with van der Waals surface area (Å²) in [6.07, 6.45) is 0. The van der Waals surface area contributed by atoms with Crippen molar-refractivity contribution >= 4 is 16.8 Å². The van der Waals surface area contributed by atoms with Gasteiger partial charge in [-0.3, -0.25) is 14.2 Å². The number of hydrogen-bond acceptors (Lipinski definition) is 4. The quantitative estimate of drug-likeness (QED) is 0.502. The number of carbonyl (C=O) groups is 1. The highest BCUT2D eigenvalue weighted by Gasteiger charge is 2.19. The Bertz CT molecular complexity index is 1320. The van der Waals surface area contributed by atoms with Gasteiger partial charge < -0.3 is 4.90 Å². The van der Waals surface area contributed by atoms with Crippen LogP contribution < -0.4 is 5.56 Å². The van der Waals surface area contributed by atoms with Gasteiger partial charge in [-0.1, -0.05) is 30.3 Å². The first-order chi connectivity index (χ1) is 14.9. The van der Waals surface area contributed by atoms with Crippen LogP contribution in [0.5, 0.6) is 0 Å². The monoisotopic (exact) mass is 415 g/mol. The van der Waals surface area contributed by atoms with Gasteiger partial charge in [-0.15, -0.1) is 0 Å². The zero-order chi connectivity index (χ0) is 22.1. The third-order valence-electron chi connectivity index (χ3n) is 5.61. The average molecular weight is 415 g/mol. The number of amides is 1. The first-order valence-electron chi connectivity index (χ1n) is 10.2. The number of rotatable bonds is 5. The second-order valence-electron chi connectivity index (χ2n) is 7.71. The summed E-state index contributed by atoms with van der Waals surface area (Å²) in [6, 6.07) is 17.1. The van der Waals surface area contributed by atoms with Crippen LogP contribution in [0.4, 0.5) is 0 Å². The molecule has 0 aliphatic rings. The van der Waals surface area contributed by atoms with Gasteiger partial charge in [0.1, 0.15) is 12.4 Å². The highest BCUT2D eigenvalue weighted by atomic mass is 16.2. The molecule has 0 unspecified atom stereocenters. The summed E-state index contributed by atoms with van der Waals surface area (Å²) in [5, 5.41) is 5.17. The van der Waals surface area contributed by atoms with Crippen LogP contribution in [0.15, 0.2) is 59.4 Å². The molecule has 7 nitrogen and oxygen atoms in total. The van der Waals surface area contributed by atoms with E-state index >= 15 is 0 Å². The third kappa shape index (κ3) is 3.86. The van der Waals surface area contributed by atoms with E-state index in [1.165, 1.54) is 4.57 Å². The largest absolute Gasteiger partial charge is 0.340 e. The van der Waals surface area contributed by atoms with Crippen LogP contribution in [0.3, 0.4) is 0 Å². The number of aryl methyl sites for hydroxylation is 2. The first kappa shape index (κ1) is 20.5. The lowest BCUT2D eigenvalue weighted by atomic mass is 10.2. The number of fused-ring (bicyclic) bond motifs is 1. The molecule has 0 atom stereocenters. The lowest BCUT2D eigenvalue weighted by Crippen LogP contribution is -2.35. The normalized spacial score (nSPS) is 11.1. The Kier molecular flexibility index (Phi) is 5.42. The van der Waals surface area contributed by atoms with Gasteiger partial charge in [0.15, 0.2) is 0 Å². The molecule has 0 saturated carbocycles. The highest BCUT2D eigenvalue weighted by molar-refractivity contribution is 5.79. The first-order valence-corrected chi connectivity index (χ1v) is 10.2. The van der Waals surface area contributed by atoms with Crippen molar-refractivity contribution in [3.8, 4) is 5.69 Å². The smallest absolute Gasteiger partial charge is 0.261 e. The number of benzene rings is 2. The van der Waals surface area contributed by atoms with E-state index in [4.69, 9.17) is 0 Å². The van der Waals surface area contributed by atoms with E-state index in [0.717, 1.165) is 22.6 Å². The molecule has 0 N–H and O–H groups in total. The Morgan fingerprint density at radius 1 is 1.00 bits per heavy atom. The van der Waals surface area contributed by atoms with Gasteiger partial charge in [0.05, 0.1) is 22.3 Å². The molecular weight excluding hydrogens is 390 g/mol. The SMILES string of the molecule is Cc1nn(-c2ccccc2)c(C)c1CN(C)C(=O)Cn1c(C)nc2ccccc2c1=O. The fourth-order valence-electron chi connectivity index (χ4n) is 3.77. The van der Waals surface area contributed by atoms with E-state index in [2.05, 4.69) is 10.1 Å². The molecule has 0 bridgehead atoms. The Morgan fingerprint density at radius 3 is 2.42 bits per heavy atom. The molecule has 0 spiro atoms. The van der Waals surface area contributed by atoms with Crippen LogP contribution in [-0.2, 0) is 17.9 Å². The fraction of sp³-hybridized carbons (Fsp3) is 0.250. The minimum absolute atomic E-state index is 0.0517. The van der Waals surface area contributed by atoms with E-state index in [1.54, 1.807) is 37.1 Å². The highest BCUT2D eigenvalue weighted by Crippen LogP contribution is 2.19. The van der Waals surface area contributed by atoms with Gasteiger partial charge in [-0.2, -0.15) is 5.10 Å². The van der Waals surface area contributed by atoms with Gasteiger partial charge in [0.25, 0.3) is 5.56 Å². The second-order valence-corrected chi connectivity index (χ2v) is 7.71. The maximum atomic E-state index is 13.0. The molecule has 0 aliphatic carbocycles. The van der Waals surface area contributed by atoms with Gasteiger partial charge >= 0.3 is 0 Å². The van der Waals surface area contributed by atoms with Crippen LogP contribution in [0, 0.1) is 20.8 Å². The van der Waals surface area contributed by atoms with Gasteiger partial charge in [-0.05, 0) is 45.0 Å². The van der Waals surface area contributed by atoms with Crippen LogP contribution >= 0.6 is 0 Å². The summed E-state index contributed by atoms with van der Waals surface area (Å²) >= 11 is 0. The van der Waals surface area contributed by atoms with Crippen molar-refractivity contribution in [2.75, 3.05) is 7.05 Å². The molecule has 2 aromatic carbocycles. The lowest BCUT2D eigenvalue weighted by Gasteiger charge is -2.19. The minimum Gasteiger partial charge on any atom is -0.340 e. The zero-order valence-electron chi connectivity index (χ0n) is 18.2. The molecule has 0 aliphatic heterocycles. The molecule has 7 heteroatoms. The number of para-hydroxylation sites is 2. The summed E-state index contributed by atoms with van der Waals surface area (Å²) < 4.78 is 3.33. The van der Waals surface area contributed by atoms with Crippen LogP contribution in [-0.4, -0.2) is 37.2 Å². The number of hydrogen-bond donors (Lipinski definition) is 0. The molecule has 0 saturated heterocycles. The molecule has 158 valence electrons. The van der Waals surface area contributed by atoms with Crippen molar-refractivity contribution in [1.29, 1.82) is 0 Å². The van der Waals surface area contributed by atoms with E-state index in [9.17, 15) is 9.59 Å². The van der Waals surface area contributed by atoms with Gasteiger partial charge in [0, 0.05) is 24.8 Å². The predicted molar refractivity (Wildman–Crippen MR) is 120 cm³/mol. The van der Waals surface area contributed by atoms with Crippen LogP contribution in [0.25, 0.3) is 16.6 Å². The number of aromatic nitrogens is 4. The van der Waals surface area contributed by atoms with Crippen LogP contribution in [0.2, 0.25) is 0 Å². The molecule has 4 aromatic rings. The van der Waals surface area contributed by atoms with Crippen molar-refractivity contribution in [2.45, 2.75) is 33.9 Å². The second kappa shape index (κ2) is 8.18. The van der Waals surface area contributed by atoms with Crippen molar-refractivity contribution in [3.63, 3.8) is 0 Å². The summed E-state index contributed by atoms with van der Waals surface area (Å²) in [7, 11) is 1.75. The molecule has 0 fully saturated rings. The van der Waals surface area contributed by atoms with E-state index in [-0.39, 0.29) is 18.0 Å². The third-order valence-corrected chi connectivity index (χ3v) is 5.61. The summed E-state index contributed by atoms with van der Waals surface area (Å²) in [5.74, 6) is 0.364.